The van der Waals surface area contributed by atoms with Crippen molar-refractivity contribution in [2.45, 2.75) is 18.4 Å². The van der Waals surface area contributed by atoms with E-state index in [-0.39, 0.29) is 11.1 Å². The van der Waals surface area contributed by atoms with Gasteiger partial charge in [-0.2, -0.15) is 0 Å². The Bertz CT molecular complexity index is 816. The van der Waals surface area contributed by atoms with Crippen molar-refractivity contribution in [3.63, 3.8) is 0 Å². The number of rotatable bonds is 6. The summed E-state index contributed by atoms with van der Waals surface area (Å²) >= 11 is 0. The van der Waals surface area contributed by atoms with Crippen molar-refractivity contribution in [3.05, 3.63) is 54.2 Å². The Balaban J connectivity index is 1.46. The number of piperazine rings is 1. The first-order valence-electron chi connectivity index (χ1n) is 10.2. The number of nitrogens with zero attached hydrogens (tertiary/aromatic N) is 3. The molecule has 2 fully saturated rings. The maximum atomic E-state index is 11.5. The molecule has 2 aliphatic heterocycles. The molecule has 2 N–H and O–H groups in total. The maximum Gasteiger partial charge on any atom is 0.339 e. The quantitative estimate of drug-likeness (QED) is 0.777. The van der Waals surface area contributed by atoms with E-state index in [1.807, 2.05) is 6.07 Å². The highest BCUT2D eigenvalue weighted by molar-refractivity contribution is 5.92. The maximum absolute atomic E-state index is 11.5. The molecule has 1 aromatic carbocycles. The Hall–Kier alpha value is -2.64. The van der Waals surface area contributed by atoms with Gasteiger partial charge in [0.2, 0.25) is 0 Å². The van der Waals surface area contributed by atoms with Crippen LogP contribution in [-0.4, -0.2) is 72.4 Å². The molecule has 0 aliphatic carbocycles. The van der Waals surface area contributed by atoms with Crippen molar-refractivity contribution in [1.82, 2.24) is 9.88 Å². The van der Waals surface area contributed by atoms with E-state index in [4.69, 9.17) is 4.74 Å². The largest absolute Gasteiger partial charge is 0.478 e. The summed E-state index contributed by atoms with van der Waals surface area (Å²) in [4.78, 5) is 20.8. The van der Waals surface area contributed by atoms with Crippen LogP contribution in [0.5, 0.6) is 0 Å². The summed E-state index contributed by atoms with van der Waals surface area (Å²) in [6.07, 6.45) is 3.49. The topological polar surface area (TPSA) is 77.9 Å². The van der Waals surface area contributed by atoms with E-state index in [0.717, 1.165) is 52.2 Å². The number of carboxylic acids is 1. The van der Waals surface area contributed by atoms with Crippen LogP contribution in [0.2, 0.25) is 0 Å². The second kappa shape index (κ2) is 8.80. The standard InChI is InChI=1S/C22H28N4O3/c27-21(28)19-7-4-10-23-20(19)24-17-22(8-15-29-16-9-22)26-13-11-25(12-14-26)18-5-2-1-3-6-18/h1-7,10H,8-9,11-17H2,(H,23,24)(H,27,28). The summed E-state index contributed by atoms with van der Waals surface area (Å²) in [5.41, 5.74) is 1.43. The van der Waals surface area contributed by atoms with Crippen LogP contribution in [0, 0.1) is 0 Å². The number of aromatic nitrogens is 1. The van der Waals surface area contributed by atoms with Crippen LogP contribution < -0.4 is 10.2 Å². The molecule has 154 valence electrons. The lowest BCUT2D eigenvalue weighted by molar-refractivity contribution is -0.0241. The average Bonchev–Trinajstić information content (AvgIpc) is 2.79. The van der Waals surface area contributed by atoms with Crippen LogP contribution in [-0.2, 0) is 4.74 Å². The smallest absolute Gasteiger partial charge is 0.339 e. The third-order valence-corrected chi connectivity index (χ3v) is 6.12. The molecule has 0 saturated carbocycles. The third-order valence-electron chi connectivity index (χ3n) is 6.12. The average molecular weight is 396 g/mol. The van der Waals surface area contributed by atoms with Crippen molar-refractivity contribution in [3.8, 4) is 0 Å². The first-order chi connectivity index (χ1) is 14.2. The molecular weight excluding hydrogens is 368 g/mol. The number of pyridine rings is 1. The number of carboxylic acid groups (broad SMARTS) is 1. The zero-order valence-electron chi connectivity index (χ0n) is 16.6. The number of ether oxygens (including phenoxy) is 1. The molecule has 0 bridgehead atoms. The highest BCUT2D eigenvalue weighted by Crippen LogP contribution is 2.31. The van der Waals surface area contributed by atoms with Gasteiger partial charge < -0.3 is 20.1 Å². The summed E-state index contributed by atoms with van der Waals surface area (Å²) < 4.78 is 5.65. The molecule has 0 atom stereocenters. The van der Waals surface area contributed by atoms with Crippen molar-refractivity contribution < 1.29 is 14.6 Å². The molecule has 2 saturated heterocycles. The number of nitrogens with one attached hydrogen (secondary N) is 1. The minimum atomic E-state index is -0.960. The van der Waals surface area contributed by atoms with Gasteiger partial charge in [0.1, 0.15) is 11.4 Å². The Labute approximate surface area is 171 Å². The van der Waals surface area contributed by atoms with Crippen LogP contribution in [0.3, 0.4) is 0 Å². The molecule has 0 radical (unpaired) electrons. The molecule has 2 aromatic rings. The summed E-state index contributed by atoms with van der Waals surface area (Å²) in [6.45, 7) is 6.05. The highest BCUT2D eigenvalue weighted by atomic mass is 16.5. The first-order valence-corrected chi connectivity index (χ1v) is 10.2. The first kappa shape index (κ1) is 19.7. The van der Waals surface area contributed by atoms with Crippen LogP contribution in [0.1, 0.15) is 23.2 Å². The van der Waals surface area contributed by atoms with E-state index in [2.05, 4.69) is 44.4 Å². The third kappa shape index (κ3) is 4.36. The van der Waals surface area contributed by atoms with Crippen LogP contribution in [0.15, 0.2) is 48.7 Å². The Morgan fingerprint density at radius 1 is 1.07 bits per heavy atom. The fraction of sp³-hybridized carbons (Fsp3) is 0.455. The fourth-order valence-corrected chi connectivity index (χ4v) is 4.40. The molecule has 4 rings (SSSR count). The number of aromatic carboxylic acids is 1. The van der Waals surface area contributed by atoms with Crippen LogP contribution in [0.4, 0.5) is 11.5 Å². The number of anilines is 2. The minimum absolute atomic E-state index is 0.0473. The zero-order chi connectivity index (χ0) is 20.1. The lowest BCUT2D eigenvalue weighted by Gasteiger charge is -2.50. The summed E-state index contributed by atoms with van der Waals surface area (Å²) in [5.74, 6) is -0.521. The minimum Gasteiger partial charge on any atom is -0.478 e. The van der Waals surface area contributed by atoms with Gasteiger partial charge in [-0.25, -0.2) is 9.78 Å². The van der Waals surface area contributed by atoms with Gasteiger partial charge in [0.05, 0.1) is 0 Å². The van der Waals surface area contributed by atoms with E-state index in [1.165, 1.54) is 5.69 Å². The summed E-state index contributed by atoms with van der Waals surface area (Å²) in [5, 5.41) is 12.8. The molecule has 2 aliphatic rings. The number of hydrogen-bond acceptors (Lipinski definition) is 6. The van der Waals surface area contributed by atoms with Gasteiger partial charge in [-0.1, -0.05) is 18.2 Å². The van der Waals surface area contributed by atoms with Gasteiger partial charge in [0, 0.05) is 63.4 Å². The summed E-state index contributed by atoms with van der Waals surface area (Å²) in [7, 11) is 0. The normalized spacial score (nSPS) is 19.7. The van der Waals surface area contributed by atoms with E-state index < -0.39 is 5.97 Å². The Kier molecular flexibility index (Phi) is 5.97. The van der Waals surface area contributed by atoms with E-state index in [0.29, 0.717) is 12.4 Å². The van der Waals surface area contributed by atoms with Gasteiger partial charge in [-0.15, -0.1) is 0 Å². The number of hydrogen-bond donors (Lipinski definition) is 2. The molecular formula is C22H28N4O3. The molecule has 0 spiro atoms. The lowest BCUT2D eigenvalue weighted by Crippen LogP contribution is -2.62. The molecule has 7 heteroatoms. The van der Waals surface area contributed by atoms with Gasteiger partial charge in [-0.3, -0.25) is 4.90 Å². The second-order valence-electron chi connectivity index (χ2n) is 7.70. The van der Waals surface area contributed by atoms with E-state index in [9.17, 15) is 9.90 Å². The van der Waals surface area contributed by atoms with Crippen LogP contribution >= 0.6 is 0 Å². The summed E-state index contributed by atoms with van der Waals surface area (Å²) in [6, 6.07) is 13.8. The van der Waals surface area contributed by atoms with Gasteiger partial charge in [0.15, 0.2) is 0 Å². The molecule has 0 amide bonds. The lowest BCUT2D eigenvalue weighted by atomic mass is 9.87. The Morgan fingerprint density at radius 3 is 2.48 bits per heavy atom. The molecule has 3 heterocycles. The van der Waals surface area contributed by atoms with Gasteiger partial charge >= 0.3 is 5.97 Å². The number of benzene rings is 1. The number of carbonyl (C=O) groups is 1. The molecule has 7 nitrogen and oxygen atoms in total. The molecule has 1 aromatic heterocycles. The SMILES string of the molecule is O=C(O)c1cccnc1NCC1(N2CCN(c3ccccc3)CC2)CCOCC1. The predicted octanol–water partition coefficient (Wildman–Crippen LogP) is 2.56. The zero-order valence-corrected chi connectivity index (χ0v) is 16.6. The van der Waals surface area contributed by atoms with E-state index >= 15 is 0 Å². The van der Waals surface area contributed by atoms with E-state index in [1.54, 1.807) is 18.3 Å². The van der Waals surface area contributed by atoms with Crippen molar-refractivity contribution in [2.75, 3.05) is 56.2 Å². The van der Waals surface area contributed by atoms with Crippen LogP contribution in [0.25, 0.3) is 0 Å². The van der Waals surface area contributed by atoms with Crippen molar-refractivity contribution in [2.24, 2.45) is 0 Å². The van der Waals surface area contributed by atoms with Gasteiger partial charge in [0.25, 0.3) is 0 Å². The number of para-hydroxylation sites is 1. The van der Waals surface area contributed by atoms with Crippen molar-refractivity contribution >= 4 is 17.5 Å². The fourth-order valence-electron chi connectivity index (χ4n) is 4.40. The van der Waals surface area contributed by atoms with Crippen molar-refractivity contribution in [1.29, 1.82) is 0 Å². The Morgan fingerprint density at radius 2 is 1.79 bits per heavy atom. The van der Waals surface area contributed by atoms with Gasteiger partial charge in [-0.05, 0) is 37.1 Å². The second-order valence-corrected chi connectivity index (χ2v) is 7.70. The predicted molar refractivity (Wildman–Crippen MR) is 113 cm³/mol. The molecule has 0 unspecified atom stereocenters. The molecule has 29 heavy (non-hydrogen) atoms. The highest BCUT2D eigenvalue weighted by Gasteiger charge is 2.40. The monoisotopic (exact) mass is 396 g/mol.